The highest BCUT2D eigenvalue weighted by atomic mass is 79.9. The van der Waals surface area contributed by atoms with E-state index in [0.29, 0.717) is 18.5 Å². The van der Waals surface area contributed by atoms with Gasteiger partial charge in [-0.1, -0.05) is 48.0 Å². The Kier molecular flexibility index (Phi) is 5.49. The van der Waals surface area contributed by atoms with E-state index in [2.05, 4.69) is 45.3 Å². The summed E-state index contributed by atoms with van der Waals surface area (Å²) < 4.78 is 6.66. The highest BCUT2D eigenvalue weighted by Gasteiger charge is 2.02. The molecular weight excluding hydrogens is 318 g/mol. The van der Waals surface area contributed by atoms with Crippen LogP contribution in [0.15, 0.2) is 40.9 Å². The second-order valence-electron chi connectivity index (χ2n) is 4.78. The predicted molar refractivity (Wildman–Crippen MR) is 82.5 cm³/mol. The molecule has 0 atom stereocenters. The van der Waals surface area contributed by atoms with E-state index >= 15 is 0 Å². The number of hydrogen-bond donors (Lipinski definition) is 1. The Balaban J connectivity index is 1.89. The highest BCUT2D eigenvalue weighted by Crippen LogP contribution is 2.17. The van der Waals surface area contributed by atoms with Gasteiger partial charge in [0.2, 0.25) is 5.88 Å². The zero-order valence-electron chi connectivity index (χ0n) is 11.6. The smallest absolute Gasteiger partial charge is 0.233 e. The predicted octanol–water partition coefficient (Wildman–Crippen LogP) is 3.32. The summed E-state index contributed by atoms with van der Waals surface area (Å²) in [5, 5.41) is 11.5. The van der Waals surface area contributed by atoms with E-state index in [0.717, 1.165) is 22.3 Å². The lowest BCUT2D eigenvalue weighted by molar-refractivity contribution is 0.289. The first-order chi connectivity index (χ1) is 9.65. The van der Waals surface area contributed by atoms with Crippen LogP contribution in [-0.4, -0.2) is 16.2 Å². The molecule has 0 saturated heterocycles. The number of nitrogens with one attached hydrogen (secondary N) is 1. The lowest BCUT2D eigenvalue weighted by Gasteiger charge is -2.08. The van der Waals surface area contributed by atoms with Crippen LogP contribution in [0.3, 0.4) is 0 Å². The average Bonchev–Trinajstić information content (AvgIpc) is 2.45. The van der Waals surface area contributed by atoms with Gasteiger partial charge in [-0.15, -0.1) is 5.10 Å². The van der Waals surface area contributed by atoms with E-state index in [1.807, 2.05) is 36.4 Å². The van der Waals surface area contributed by atoms with Crippen LogP contribution in [0.4, 0.5) is 0 Å². The third kappa shape index (κ3) is 4.58. The first-order valence-corrected chi connectivity index (χ1v) is 7.36. The van der Waals surface area contributed by atoms with E-state index in [4.69, 9.17) is 4.74 Å². The number of hydrogen-bond acceptors (Lipinski definition) is 4. The van der Waals surface area contributed by atoms with Gasteiger partial charge in [-0.2, -0.15) is 5.10 Å². The van der Waals surface area contributed by atoms with Crippen molar-refractivity contribution >= 4 is 15.9 Å². The molecule has 106 valence electrons. The molecule has 0 amide bonds. The average molecular weight is 336 g/mol. The summed E-state index contributed by atoms with van der Waals surface area (Å²) in [6.45, 7) is 5.39. The number of benzene rings is 1. The number of rotatable bonds is 6. The van der Waals surface area contributed by atoms with E-state index in [1.165, 1.54) is 0 Å². The summed E-state index contributed by atoms with van der Waals surface area (Å²) in [5.41, 5.74) is 1.99. The number of nitrogens with zero attached hydrogens (tertiary/aromatic N) is 2. The fourth-order valence-corrected chi connectivity index (χ4v) is 1.99. The number of halogens is 1. The molecule has 0 fully saturated rings. The SMILES string of the molecule is CC(C)NCc1ccc(OCc2ccccc2Br)nn1. The molecular formula is C15H18BrN3O. The Hall–Kier alpha value is -1.46. The van der Waals surface area contributed by atoms with E-state index in [1.54, 1.807) is 0 Å². The molecule has 20 heavy (non-hydrogen) atoms. The minimum atomic E-state index is 0.433. The van der Waals surface area contributed by atoms with Crippen LogP contribution in [0.25, 0.3) is 0 Å². The molecule has 0 aliphatic heterocycles. The van der Waals surface area contributed by atoms with Gasteiger partial charge < -0.3 is 10.1 Å². The fraction of sp³-hybridized carbons (Fsp3) is 0.333. The molecule has 5 heteroatoms. The lowest BCUT2D eigenvalue weighted by atomic mass is 10.2. The topological polar surface area (TPSA) is 47.0 Å². The van der Waals surface area contributed by atoms with Gasteiger partial charge in [0, 0.05) is 28.7 Å². The van der Waals surface area contributed by atoms with Crippen LogP contribution < -0.4 is 10.1 Å². The third-order valence-electron chi connectivity index (χ3n) is 2.72. The van der Waals surface area contributed by atoms with Crippen molar-refractivity contribution in [3.63, 3.8) is 0 Å². The van der Waals surface area contributed by atoms with Crippen molar-refractivity contribution in [1.82, 2.24) is 15.5 Å². The van der Waals surface area contributed by atoms with Crippen molar-refractivity contribution < 1.29 is 4.74 Å². The Morgan fingerprint density at radius 1 is 1.15 bits per heavy atom. The molecule has 2 rings (SSSR count). The Labute approximate surface area is 127 Å². The summed E-state index contributed by atoms with van der Waals surface area (Å²) in [6.07, 6.45) is 0. The molecule has 2 aromatic rings. The molecule has 0 aliphatic rings. The van der Waals surface area contributed by atoms with Crippen molar-refractivity contribution in [1.29, 1.82) is 0 Å². The molecule has 0 spiro atoms. The maximum absolute atomic E-state index is 5.63. The summed E-state index contributed by atoms with van der Waals surface area (Å²) >= 11 is 3.49. The van der Waals surface area contributed by atoms with Crippen LogP contribution in [0.2, 0.25) is 0 Å². The van der Waals surface area contributed by atoms with Gasteiger partial charge in [-0.3, -0.25) is 0 Å². The molecule has 1 aromatic heterocycles. The van der Waals surface area contributed by atoms with E-state index in [9.17, 15) is 0 Å². The van der Waals surface area contributed by atoms with Crippen LogP contribution in [0.5, 0.6) is 5.88 Å². The van der Waals surface area contributed by atoms with Gasteiger partial charge in [0.05, 0.1) is 5.69 Å². The maximum atomic E-state index is 5.63. The molecule has 0 aliphatic carbocycles. The Morgan fingerprint density at radius 3 is 2.60 bits per heavy atom. The van der Waals surface area contributed by atoms with Crippen LogP contribution >= 0.6 is 15.9 Å². The second-order valence-corrected chi connectivity index (χ2v) is 5.63. The Morgan fingerprint density at radius 2 is 1.95 bits per heavy atom. The fourth-order valence-electron chi connectivity index (χ4n) is 1.59. The zero-order chi connectivity index (χ0) is 14.4. The number of ether oxygens (including phenoxy) is 1. The molecule has 0 saturated carbocycles. The van der Waals surface area contributed by atoms with Crippen molar-refractivity contribution in [2.24, 2.45) is 0 Å². The van der Waals surface area contributed by atoms with E-state index < -0.39 is 0 Å². The molecule has 0 unspecified atom stereocenters. The summed E-state index contributed by atoms with van der Waals surface area (Å²) in [6, 6.07) is 12.2. The second kappa shape index (κ2) is 7.36. The quantitative estimate of drug-likeness (QED) is 0.879. The first kappa shape index (κ1) is 14.9. The summed E-state index contributed by atoms with van der Waals surface area (Å²) in [7, 11) is 0. The molecule has 0 bridgehead atoms. The van der Waals surface area contributed by atoms with Crippen LogP contribution in [0, 0.1) is 0 Å². The standard InChI is InChI=1S/C15H18BrN3O/c1-11(2)17-9-13-7-8-15(19-18-13)20-10-12-5-3-4-6-14(12)16/h3-8,11,17H,9-10H2,1-2H3. The summed E-state index contributed by atoms with van der Waals surface area (Å²) in [5.74, 6) is 0.536. The van der Waals surface area contributed by atoms with Gasteiger partial charge in [0.15, 0.2) is 0 Å². The highest BCUT2D eigenvalue weighted by molar-refractivity contribution is 9.10. The molecule has 1 N–H and O–H groups in total. The molecule has 0 radical (unpaired) electrons. The number of aromatic nitrogens is 2. The van der Waals surface area contributed by atoms with Crippen molar-refractivity contribution in [3.8, 4) is 5.88 Å². The van der Waals surface area contributed by atoms with Gasteiger partial charge in [0.1, 0.15) is 6.61 Å². The Bertz CT molecular complexity index is 543. The third-order valence-corrected chi connectivity index (χ3v) is 3.49. The van der Waals surface area contributed by atoms with Gasteiger partial charge in [0.25, 0.3) is 0 Å². The van der Waals surface area contributed by atoms with E-state index in [-0.39, 0.29) is 0 Å². The first-order valence-electron chi connectivity index (χ1n) is 6.57. The largest absolute Gasteiger partial charge is 0.472 e. The monoisotopic (exact) mass is 335 g/mol. The van der Waals surface area contributed by atoms with Crippen molar-refractivity contribution in [2.75, 3.05) is 0 Å². The van der Waals surface area contributed by atoms with Gasteiger partial charge in [-0.05, 0) is 12.1 Å². The lowest BCUT2D eigenvalue weighted by Crippen LogP contribution is -2.22. The van der Waals surface area contributed by atoms with Crippen LogP contribution in [-0.2, 0) is 13.2 Å². The summed E-state index contributed by atoms with van der Waals surface area (Å²) in [4.78, 5) is 0. The van der Waals surface area contributed by atoms with Crippen LogP contribution in [0.1, 0.15) is 25.1 Å². The molecule has 4 nitrogen and oxygen atoms in total. The molecule has 1 aromatic carbocycles. The minimum Gasteiger partial charge on any atom is -0.472 e. The minimum absolute atomic E-state index is 0.433. The molecule has 1 heterocycles. The maximum Gasteiger partial charge on any atom is 0.233 e. The van der Waals surface area contributed by atoms with Crippen molar-refractivity contribution in [2.45, 2.75) is 33.0 Å². The van der Waals surface area contributed by atoms with Gasteiger partial charge >= 0.3 is 0 Å². The van der Waals surface area contributed by atoms with Crippen molar-refractivity contribution in [3.05, 3.63) is 52.1 Å². The van der Waals surface area contributed by atoms with Gasteiger partial charge in [-0.25, -0.2) is 0 Å². The normalized spacial score (nSPS) is 10.8. The zero-order valence-corrected chi connectivity index (χ0v) is 13.2.